The second kappa shape index (κ2) is 5.32. The molecule has 0 atom stereocenters. The minimum Gasteiger partial charge on any atom is -0.448 e. The van der Waals surface area contributed by atoms with E-state index < -0.39 is 0 Å². The quantitative estimate of drug-likeness (QED) is 0.549. The topological polar surface area (TPSA) is 78.1 Å². The summed E-state index contributed by atoms with van der Waals surface area (Å²) < 4.78 is 8.85. The van der Waals surface area contributed by atoms with Crippen molar-refractivity contribution < 1.29 is 9.53 Å². The molecule has 8 nitrogen and oxygen atoms in total. The van der Waals surface area contributed by atoms with Crippen molar-refractivity contribution in [3.8, 4) is 17.1 Å². The van der Waals surface area contributed by atoms with Gasteiger partial charge in [0.25, 0.3) is 0 Å². The van der Waals surface area contributed by atoms with E-state index in [0.29, 0.717) is 31.3 Å². The summed E-state index contributed by atoms with van der Waals surface area (Å²) in [6, 6.07) is 5.70. The zero-order valence-electron chi connectivity index (χ0n) is 13.1. The fourth-order valence-electron chi connectivity index (χ4n) is 3.33. The molecule has 0 radical (unpaired) electrons. The highest BCUT2D eigenvalue weighted by molar-refractivity contribution is 6.33. The number of rotatable bonds is 2. The lowest BCUT2D eigenvalue weighted by molar-refractivity contribution is 0.156. The number of ether oxygens (including phenoxy) is 1. The molecular formula is C16H13ClN6O2. The van der Waals surface area contributed by atoms with Crippen molar-refractivity contribution in [2.75, 3.05) is 13.2 Å². The summed E-state index contributed by atoms with van der Waals surface area (Å²) in [5.74, 6) is 1.47. The maximum atomic E-state index is 11.8. The lowest BCUT2D eigenvalue weighted by Gasteiger charge is -2.16. The molecule has 5 rings (SSSR count). The van der Waals surface area contributed by atoms with Crippen LogP contribution < -0.4 is 0 Å². The third kappa shape index (κ3) is 2.14. The largest absolute Gasteiger partial charge is 0.448 e. The van der Waals surface area contributed by atoms with Gasteiger partial charge in [-0.3, -0.25) is 9.47 Å². The summed E-state index contributed by atoms with van der Waals surface area (Å²) in [6.45, 7) is 1.87. The second-order valence-electron chi connectivity index (χ2n) is 5.91. The number of aromatic nitrogens is 5. The van der Waals surface area contributed by atoms with Crippen LogP contribution in [0.25, 0.3) is 17.1 Å². The normalized spacial score (nSPS) is 15.4. The molecule has 2 aliphatic heterocycles. The molecule has 126 valence electrons. The highest BCUT2D eigenvalue weighted by atomic mass is 35.5. The first-order chi connectivity index (χ1) is 12.2. The van der Waals surface area contributed by atoms with Gasteiger partial charge in [-0.2, -0.15) is 5.10 Å². The first-order valence-electron chi connectivity index (χ1n) is 7.86. The number of hydrogen-bond donors (Lipinski definition) is 0. The van der Waals surface area contributed by atoms with Crippen LogP contribution in [0.4, 0.5) is 4.79 Å². The molecule has 3 aromatic rings. The Kier molecular flexibility index (Phi) is 3.08. The summed E-state index contributed by atoms with van der Waals surface area (Å²) in [5, 5.41) is 4.90. The van der Waals surface area contributed by atoms with Gasteiger partial charge < -0.3 is 4.74 Å². The summed E-state index contributed by atoms with van der Waals surface area (Å²) in [6.07, 6.45) is 3.01. The molecule has 25 heavy (non-hydrogen) atoms. The number of amides is 1. The van der Waals surface area contributed by atoms with Crippen LogP contribution in [0.15, 0.2) is 30.7 Å². The van der Waals surface area contributed by atoms with Crippen molar-refractivity contribution in [3.05, 3.63) is 47.3 Å². The van der Waals surface area contributed by atoms with Gasteiger partial charge in [0.2, 0.25) is 0 Å². The lowest BCUT2D eigenvalue weighted by atomic mass is 10.1. The van der Waals surface area contributed by atoms with Crippen LogP contribution in [0.1, 0.15) is 11.5 Å². The highest BCUT2D eigenvalue weighted by Crippen LogP contribution is 2.36. The zero-order valence-corrected chi connectivity index (χ0v) is 13.8. The van der Waals surface area contributed by atoms with Crippen molar-refractivity contribution in [1.82, 2.24) is 29.2 Å². The van der Waals surface area contributed by atoms with Crippen molar-refractivity contribution in [3.63, 3.8) is 0 Å². The third-order valence-electron chi connectivity index (χ3n) is 4.47. The molecule has 0 saturated carbocycles. The number of carbonyl (C=O) groups is 1. The molecule has 2 aromatic heterocycles. The molecule has 1 saturated heterocycles. The van der Waals surface area contributed by atoms with E-state index >= 15 is 0 Å². The molecule has 1 fully saturated rings. The number of nitrogens with zero attached hydrogens (tertiary/aromatic N) is 6. The average molecular weight is 357 g/mol. The van der Waals surface area contributed by atoms with Crippen molar-refractivity contribution >= 4 is 17.7 Å². The van der Waals surface area contributed by atoms with Crippen molar-refractivity contribution in [1.29, 1.82) is 0 Å². The van der Waals surface area contributed by atoms with Gasteiger partial charge in [0.15, 0.2) is 5.82 Å². The fourth-order valence-corrected chi connectivity index (χ4v) is 3.59. The van der Waals surface area contributed by atoms with E-state index in [4.69, 9.17) is 16.3 Å². The number of cyclic esters (lactones) is 1. The maximum absolute atomic E-state index is 11.8. The predicted octanol–water partition coefficient (Wildman–Crippen LogP) is 2.10. The number of imidazole rings is 1. The van der Waals surface area contributed by atoms with Gasteiger partial charge in [-0.05, 0) is 12.1 Å². The van der Waals surface area contributed by atoms with Crippen LogP contribution in [0.3, 0.4) is 0 Å². The SMILES string of the molecule is O=C1OCCN1Cc1ncc2n1-c1cccc(Cl)c1-c1ncnn1C2. The lowest BCUT2D eigenvalue weighted by Crippen LogP contribution is -2.25. The highest BCUT2D eigenvalue weighted by Gasteiger charge is 2.28. The molecule has 0 unspecified atom stereocenters. The summed E-state index contributed by atoms with van der Waals surface area (Å²) in [4.78, 5) is 22.3. The standard InChI is InChI=1S/C16H13ClN6O2/c17-11-2-1-3-12-14(11)15-19-9-20-22(15)7-10-6-18-13(23(10)12)8-21-4-5-25-16(21)24/h1-3,6,9H,4-5,7-8H2. The van der Waals surface area contributed by atoms with Gasteiger partial charge in [-0.15, -0.1) is 0 Å². The van der Waals surface area contributed by atoms with Gasteiger partial charge in [-0.25, -0.2) is 19.4 Å². The Balaban J connectivity index is 1.69. The van der Waals surface area contributed by atoms with Crippen LogP contribution in [0.5, 0.6) is 0 Å². The van der Waals surface area contributed by atoms with E-state index in [-0.39, 0.29) is 6.09 Å². The van der Waals surface area contributed by atoms with Gasteiger partial charge in [0, 0.05) is 0 Å². The third-order valence-corrected chi connectivity index (χ3v) is 4.78. The molecule has 4 heterocycles. The van der Waals surface area contributed by atoms with Gasteiger partial charge in [0.05, 0.1) is 47.8 Å². The smallest absolute Gasteiger partial charge is 0.410 e. The van der Waals surface area contributed by atoms with Crippen LogP contribution in [-0.4, -0.2) is 48.5 Å². The number of hydrogen-bond acceptors (Lipinski definition) is 5. The number of benzene rings is 1. The number of fused-ring (bicyclic) bond motifs is 5. The van der Waals surface area contributed by atoms with Crippen LogP contribution in [-0.2, 0) is 17.8 Å². The zero-order chi connectivity index (χ0) is 17.0. The van der Waals surface area contributed by atoms with E-state index in [1.165, 1.54) is 6.33 Å². The number of halogens is 1. The van der Waals surface area contributed by atoms with E-state index in [1.807, 2.05) is 22.8 Å². The van der Waals surface area contributed by atoms with Crippen LogP contribution >= 0.6 is 11.6 Å². The summed E-state index contributed by atoms with van der Waals surface area (Å²) in [5.41, 5.74) is 2.65. The van der Waals surface area contributed by atoms with Crippen LogP contribution in [0.2, 0.25) is 5.02 Å². The summed E-state index contributed by atoms with van der Waals surface area (Å²) >= 11 is 6.48. The molecular weight excluding hydrogens is 344 g/mol. The Morgan fingerprint density at radius 1 is 1.28 bits per heavy atom. The number of carbonyl (C=O) groups excluding carboxylic acids is 1. The molecule has 1 amide bonds. The maximum Gasteiger partial charge on any atom is 0.410 e. The minimum absolute atomic E-state index is 0.313. The Morgan fingerprint density at radius 2 is 2.20 bits per heavy atom. The first kappa shape index (κ1) is 14.5. The van der Waals surface area contributed by atoms with E-state index in [2.05, 4.69) is 15.1 Å². The molecule has 9 heteroatoms. The second-order valence-corrected chi connectivity index (χ2v) is 6.32. The minimum atomic E-state index is -0.313. The molecule has 0 N–H and O–H groups in total. The monoisotopic (exact) mass is 356 g/mol. The molecule has 2 aliphatic rings. The van der Waals surface area contributed by atoms with Crippen molar-refractivity contribution in [2.45, 2.75) is 13.1 Å². The van der Waals surface area contributed by atoms with E-state index in [1.54, 1.807) is 15.8 Å². The molecule has 0 aliphatic carbocycles. The van der Waals surface area contributed by atoms with Gasteiger partial charge >= 0.3 is 6.09 Å². The van der Waals surface area contributed by atoms with Gasteiger partial charge in [-0.1, -0.05) is 17.7 Å². The Hall–Kier alpha value is -2.87. The predicted molar refractivity (Wildman–Crippen MR) is 88.5 cm³/mol. The fraction of sp³-hybridized carbons (Fsp3) is 0.250. The van der Waals surface area contributed by atoms with Crippen LogP contribution in [0, 0.1) is 0 Å². The molecule has 0 bridgehead atoms. The van der Waals surface area contributed by atoms with E-state index in [0.717, 1.165) is 28.6 Å². The Bertz CT molecular complexity index is 994. The van der Waals surface area contributed by atoms with E-state index in [9.17, 15) is 4.79 Å². The summed E-state index contributed by atoms with van der Waals surface area (Å²) in [7, 11) is 0. The Labute approximate surface area is 147 Å². The Morgan fingerprint density at radius 3 is 3.04 bits per heavy atom. The van der Waals surface area contributed by atoms with Crippen molar-refractivity contribution in [2.24, 2.45) is 0 Å². The van der Waals surface area contributed by atoms with Gasteiger partial charge in [0.1, 0.15) is 18.8 Å². The first-order valence-corrected chi connectivity index (χ1v) is 8.24. The average Bonchev–Trinajstić information content (AvgIpc) is 3.29. The molecule has 1 aromatic carbocycles. The molecule has 0 spiro atoms.